The lowest BCUT2D eigenvalue weighted by Crippen LogP contribution is -2.00. The van der Waals surface area contributed by atoms with Crippen LogP contribution in [0.4, 0.5) is 10.2 Å². The van der Waals surface area contributed by atoms with Crippen LogP contribution in [0.5, 0.6) is 0 Å². The quantitative estimate of drug-likeness (QED) is 0.440. The van der Waals surface area contributed by atoms with E-state index < -0.39 is 0 Å². The van der Waals surface area contributed by atoms with Crippen molar-refractivity contribution in [1.82, 2.24) is 30.1 Å². The largest absolute Gasteiger partial charge is 0.390 e. The van der Waals surface area contributed by atoms with E-state index in [1.807, 2.05) is 13.8 Å². The molecule has 0 spiro atoms. The monoisotopic (exact) mass is 397 g/mol. The highest BCUT2D eigenvalue weighted by molar-refractivity contribution is 8.00. The third-order valence-electron chi connectivity index (χ3n) is 4.05. The van der Waals surface area contributed by atoms with E-state index >= 15 is 0 Å². The third kappa shape index (κ3) is 3.51. The van der Waals surface area contributed by atoms with E-state index in [9.17, 15) is 9.50 Å². The molecular weight excluding hydrogens is 381 g/mol. The zero-order valence-corrected chi connectivity index (χ0v) is 15.9. The van der Waals surface area contributed by atoms with E-state index in [1.165, 1.54) is 18.5 Å². The molecule has 0 aliphatic carbocycles. The van der Waals surface area contributed by atoms with Gasteiger partial charge in [0, 0.05) is 5.69 Å². The van der Waals surface area contributed by atoms with E-state index in [1.54, 1.807) is 12.1 Å². The molecule has 142 valence electrons. The van der Waals surface area contributed by atoms with Gasteiger partial charge in [0.2, 0.25) is 0 Å². The fraction of sp³-hybridized carbons (Fsp3) is 0.167. The second-order valence-corrected chi connectivity index (χ2v) is 6.97. The van der Waals surface area contributed by atoms with Crippen LogP contribution in [0.3, 0.4) is 0 Å². The summed E-state index contributed by atoms with van der Waals surface area (Å²) in [5, 5.41) is 17.3. The van der Waals surface area contributed by atoms with Crippen LogP contribution in [-0.4, -0.2) is 35.2 Å². The first-order chi connectivity index (χ1) is 13.5. The lowest BCUT2D eigenvalue weighted by Gasteiger charge is -2.07. The Balaban J connectivity index is 1.56. The average molecular weight is 397 g/mol. The van der Waals surface area contributed by atoms with Crippen molar-refractivity contribution >= 4 is 28.8 Å². The first-order valence-electron chi connectivity index (χ1n) is 8.39. The number of aryl methyl sites for hydroxylation is 2. The number of aromatic nitrogens is 6. The molecule has 0 bridgehead atoms. The third-order valence-corrected chi connectivity index (χ3v) is 4.90. The van der Waals surface area contributed by atoms with Crippen molar-refractivity contribution in [2.45, 2.75) is 25.3 Å². The van der Waals surface area contributed by atoms with Gasteiger partial charge in [-0.25, -0.2) is 24.3 Å². The Hall–Kier alpha value is -3.11. The van der Waals surface area contributed by atoms with Gasteiger partial charge in [-0.2, -0.15) is 5.10 Å². The Morgan fingerprint density at radius 2 is 2.04 bits per heavy atom. The molecule has 0 saturated heterocycles. The first-order valence-corrected chi connectivity index (χ1v) is 9.20. The number of hydrogen-bond acceptors (Lipinski definition) is 8. The summed E-state index contributed by atoms with van der Waals surface area (Å²) < 4.78 is 16.8. The van der Waals surface area contributed by atoms with E-state index in [0.29, 0.717) is 39.0 Å². The van der Waals surface area contributed by atoms with Crippen molar-refractivity contribution in [3.05, 3.63) is 53.4 Å². The van der Waals surface area contributed by atoms with E-state index in [0.717, 1.165) is 23.2 Å². The van der Waals surface area contributed by atoms with Gasteiger partial charge in [-0.3, -0.25) is 5.10 Å². The normalized spacial score (nSPS) is 11.1. The highest BCUT2D eigenvalue weighted by Gasteiger charge is 2.14. The topological polar surface area (TPSA) is 113 Å². The number of nitrogens with zero attached hydrogens (tertiary/aromatic N) is 5. The molecule has 4 rings (SSSR count). The van der Waals surface area contributed by atoms with Crippen LogP contribution in [0.25, 0.3) is 22.6 Å². The molecule has 3 aromatic heterocycles. The van der Waals surface area contributed by atoms with Gasteiger partial charge < -0.3 is 9.83 Å². The number of anilines is 1. The van der Waals surface area contributed by atoms with Gasteiger partial charge in [0.05, 0.1) is 35.0 Å². The van der Waals surface area contributed by atoms with Gasteiger partial charge >= 0.3 is 0 Å². The summed E-state index contributed by atoms with van der Waals surface area (Å²) in [6.45, 7) is 3.50. The van der Waals surface area contributed by atoms with Crippen LogP contribution in [0.2, 0.25) is 0 Å². The highest BCUT2D eigenvalue weighted by Crippen LogP contribution is 2.25. The molecule has 0 aliphatic rings. The van der Waals surface area contributed by atoms with E-state index in [4.69, 9.17) is 0 Å². The van der Waals surface area contributed by atoms with Crippen LogP contribution in [0, 0.1) is 19.7 Å². The highest BCUT2D eigenvalue weighted by atomic mass is 32.2. The van der Waals surface area contributed by atoms with Crippen LogP contribution >= 0.6 is 11.9 Å². The number of rotatable bonds is 5. The zero-order chi connectivity index (χ0) is 19.7. The number of halogens is 1. The molecule has 4 aromatic rings. The average Bonchev–Trinajstić information content (AvgIpc) is 3.09. The van der Waals surface area contributed by atoms with E-state index in [-0.39, 0.29) is 12.4 Å². The van der Waals surface area contributed by atoms with Gasteiger partial charge in [-0.1, -0.05) is 6.07 Å². The lowest BCUT2D eigenvalue weighted by molar-refractivity contribution is 0.278. The molecule has 0 radical (unpaired) electrons. The molecule has 28 heavy (non-hydrogen) atoms. The Kier molecular flexibility index (Phi) is 4.88. The van der Waals surface area contributed by atoms with Crippen molar-refractivity contribution in [2.75, 3.05) is 4.72 Å². The molecule has 3 N–H and O–H groups in total. The molecule has 0 aliphatic heterocycles. The maximum Gasteiger partial charge on any atom is 0.185 e. The van der Waals surface area contributed by atoms with Crippen LogP contribution in [0.1, 0.15) is 17.0 Å². The number of aliphatic hydroxyl groups excluding tert-OH is 1. The molecule has 0 unspecified atom stereocenters. The first kappa shape index (κ1) is 18.3. The number of hydrogen-bond donors (Lipinski definition) is 3. The van der Waals surface area contributed by atoms with E-state index in [2.05, 4.69) is 34.9 Å². The minimum absolute atomic E-state index is 0.238. The fourth-order valence-corrected chi connectivity index (χ4v) is 3.40. The number of H-pyrrole nitrogens is 1. The molecular formula is C18H16FN7OS. The van der Waals surface area contributed by atoms with Gasteiger partial charge in [0.25, 0.3) is 0 Å². The molecule has 10 heteroatoms. The van der Waals surface area contributed by atoms with Crippen molar-refractivity contribution in [1.29, 1.82) is 0 Å². The lowest BCUT2D eigenvalue weighted by atomic mass is 10.2. The molecule has 0 saturated carbocycles. The Morgan fingerprint density at radius 1 is 1.18 bits per heavy atom. The standard InChI is InChI=1S/C18H16FN7OS/c1-9-3-4-11(19)14(5-9)28-26-15-7-20-12(6-21-15)17-22-13(8-27)16-10(2)24-25-18(16)23-17/h3-7,27H,8H2,1-2H3,(H,21,26)(H,22,23,24,25). The number of aliphatic hydroxyl groups is 1. The zero-order valence-electron chi connectivity index (χ0n) is 15.1. The predicted molar refractivity (Wildman–Crippen MR) is 104 cm³/mol. The maximum atomic E-state index is 13.8. The SMILES string of the molecule is Cc1ccc(F)c(SNc2cnc(-c3nc(CO)c4c(C)[nH]nc4n3)cn2)c1. The van der Waals surface area contributed by atoms with Crippen LogP contribution in [-0.2, 0) is 6.61 Å². The molecule has 0 atom stereocenters. The van der Waals surface area contributed by atoms with Crippen molar-refractivity contribution in [3.8, 4) is 11.5 Å². The van der Waals surface area contributed by atoms with Gasteiger partial charge in [-0.05, 0) is 43.5 Å². The Labute approximate surface area is 163 Å². The Bertz CT molecular complexity index is 1150. The summed E-state index contributed by atoms with van der Waals surface area (Å²) in [4.78, 5) is 17.8. The summed E-state index contributed by atoms with van der Waals surface area (Å²) in [5.74, 6) is 0.480. The minimum Gasteiger partial charge on any atom is -0.390 e. The van der Waals surface area contributed by atoms with Crippen molar-refractivity contribution in [3.63, 3.8) is 0 Å². The number of fused-ring (bicyclic) bond motifs is 1. The van der Waals surface area contributed by atoms with Gasteiger partial charge in [0.15, 0.2) is 17.3 Å². The second-order valence-electron chi connectivity index (χ2n) is 6.12. The molecule has 3 heterocycles. The fourth-order valence-electron chi connectivity index (χ4n) is 2.67. The minimum atomic E-state index is -0.305. The maximum absolute atomic E-state index is 13.8. The molecule has 0 fully saturated rings. The summed E-state index contributed by atoms with van der Waals surface area (Å²) >= 11 is 1.12. The number of benzene rings is 1. The smallest absolute Gasteiger partial charge is 0.185 e. The Morgan fingerprint density at radius 3 is 2.79 bits per heavy atom. The van der Waals surface area contributed by atoms with Crippen LogP contribution in [0.15, 0.2) is 35.5 Å². The van der Waals surface area contributed by atoms with Crippen molar-refractivity contribution in [2.24, 2.45) is 0 Å². The summed E-state index contributed by atoms with van der Waals surface area (Å²) in [6.07, 6.45) is 3.02. The second kappa shape index (κ2) is 7.49. The predicted octanol–water partition coefficient (Wildman–Crippen LogP) is 3.18. The number of nitrogens with one attached hydrogen (secondary N) is 2. The molecule has 8 nitrogen and oxygen atoms in total. The van der Waals surface area contributed by atoms with Gasteiger partial charge in [0.1, 0.15) is 11.5 Å². The van der Waals surface area contributed by atoms with Crippen LogP contribution < -0.4 is 4.72 Å². The summed E-state index contributed by atoms with van der Waals surface area (Å²) in [5.41, 5.74) is 3.13. The summed E-state index contributed by atoms with van der Waals surface area (Å²) in [7, 11) is 0. The van der Waals surface area contributed by atoms with Crippen molar-refractivity contribution < 1.29 is 9.50 Å². The molecule has 0 amide bonds. The summed E-state index contributed by atoms with van der Waals surface area (Å²) in [6, 6.07) is 4.89. The molecule has 1 aromatic carbocycles. The number of aromatic amines is 1. The van der Waals surface area contributed by atoms with Gasteiger partial charge in [-0.15, -0.1) is 0 Å².